The molecule has 0 radical (unpaired) electrons. The summed E-state index contributed by atoms with van der Waals surface area (Å²) < 4.78 is 5.85. The highest BCUT2D eigenvalue weighted by Gasteiger charge is 2.18. The average molecular weight is 365 g/mol. The van der Waals surface area contributed by atoms with Crippen LogP contribution in [0.3, 0.4) is 0 Å². The van der Waals surface area contributed by atoms with E-state index in [4.69, 9.17) is 4.74 Å². The molecule has 150 valence electrons. The summed E-state index contributed by atoms with van der Waals surface area (Å²) in [6.45, 7) is 7.08. The fraction of sp³-hybridized carbons (Fsp3) is 0.739. The first-order valence-corrected chi connectivity index (χ1v) is 10.8. The third kappa shape index (κ3) is 7.88. The fourth-order valence-electron chi connectivity index (χ4n) is 3.41. The number of hydrogen-bond donors (Lipinski definition) is 2. The normalized spacial score (nSPS) is 11.0. The van der Waals surface area contributed by atoms with Crippen LogP contribution in [-0.2, 0) is 12.8 Å². The molecule has 1 rings (SSSR count). The Labute approximate surface area is 160 Å². The lowest BCUT2D eigenvalue weighted by atomic mass is 9.94. The van der Waals surface area contributed by atoms with Crippen molar-refractivity contribution in [2.24, 2.45) is 0 Å². The Hall–Kier alpha value is -1.38. The van der Waals surface area contributed by atoms with E-state index in [1.807, 2.05) is 0 Å². The van der Waals surface area contributed by atoms with Crippen molar-refractivity contribution >= 4 is 0 Å². The van der Waals surface area contributed by atoms with Gasteiger partial charge in [0.2, 0.25) is 5.75 Å². The molecule has 0 saturated carbocycles. The summed E-state index contributed by atoms with van der Waals surface area (Å²) in [5.74, 6) is 0.386. The van der Waals surface area contributed by atoms with Crippen LogP contribution in [0.4, 0.5) is 0 Å². The summed E-state index contributed by atoms with van der Waals surface area (Å²) in [7, 11) is 0. The molecule has 0 fully saturated rings. The molecule has 0 heterocycles. The number of aromatic hydroxyl groups is 2. The van der Waals surface area contributed by atoms with Crippen LogP contribution in [-0.4, -0.2) is 16.8 Å². The molecule has 2 N–H and O–H groups in total. The number of rotatable bonds is 15. The fourth-order valence-corrected chi connectivity index (χ4v) is 3.41. The SMILES string of the molecule is CCCCCCCc1cc(O)c(O)c(OCCC)c1CCCCCCC. The van der Waals surface area contributed by atoms with Crippen molar-refractivity contribution in [3.05, 3.63) is 17.2 Å². The van der Waals surface area contributed by atoms with Crippen molar-refractivity contribution in [3.8, 4) is 17.2 Å². The Balaban J connectivity index is 2.86. The van der Waals surface area contributed by atoms with Gasteiger partial charge in [-0.15, -0.1) is 0 Å². The molecule has 0 aliphatic heterocycles. The highest BCUT2D eigenvalue weighted by Crippen LogP contribution is 2.42. The van der Waals surface area contributed by atoms with Gasteiger partial charge in [-0.05, 0) is 43.7 Å². The highest BCUT2D eigenvalue weighted by atomic mass is 16.5. The van der Waals surface area contributed by atoms with Gasteiger partial charge in [0.15, 0.2) is 11.5 Å². The van der Waals surface area contributed by atoms with Gasteiger partial charge in [0, 0.05) is 5.56 Å². The zero-order valence-corrected chi connectivity index (χ0v) is 17.3. The van der Waals surface area contributed by atoms with Crippen LogP contribution in [0.1, 0.15) is 103 Å². The van der Waals surface area contributed by atoms with E-state index in [1.165, 1.54) is 51.4 Å². The Bertz CT molecular complexity index is 497. The van der Waals surface area contributed by atoms with Crippen molar-refractivity contribution in [2.75, 3.05) is 6.61 Å². The molecular formula is C23H40O3. The van der Waals surface area contributed by atoms with Crippen molar-refractivity contribution < 1.29 is 14.9 Å². The molecular weight excluding hydrogens is 324 g/mol. The summed E-state index contributed by atoms with van der Waals surface area (Å²) in [5, 5.41) is 20.5. The Morgan fingerprint density at radius 3 is 1.88 bits per heavy atom. The topological polar surface area (TPSA) is 49.7 Å². The maximum Gasteiger partial charge on any atom is 0.200 e. The van der Waals surface area contributed by atoms with Gasteiger partial charge in [0.25, 0.3) is 0 Å². The van der Waals surface area contributed by atoms with Crippen LogP contribution in [0.2, 0.25) is 0 Å². The molecule has 26 heavy (non-hydrogen) atoms. The van der Waals surface area contributed by atoms with E-state index in [0.29, 0.717) is 12.4 Å². The minimum absolute atomic E-state index is 0.0469. The molecule has 0 atom stereocenters. The maximum atomic E-state index is 10.3. The average Bonchev–Trinajstić information content (AvgIpc) is 2.64. The maximum absolute atomic E-state index is 10.3. The van der Waals surface area contributed by atoms with E-state index >= 15 is 0 Å². The first kappa shape index (κ1) is 22.7. The number of unbranched alkanes of at least 4 members (excludes halogenated alkanes) is 8. The van der Waals surface area contributed by atoms with Gasteiger partial charge in [-0.3, -0.25) is 0 Å². The van der Waals surface area contributed by atoms with Gasteiger partial charge in [0.05, 0.1) is 6.61 Å². The van der Waals surface area contributed by atoms with Crippen LogP contribution in [0.25, 0.3) is 0 Å². The minimum atomic E-state index is -0.0864. The van der Waals surface area contributed by atoms with Crippen LogP contribution in [0.5, 0.6) is 17.2 Å². The molecule has 0 spiro atoms. The van der Waals surface area contributed by atoms with Gasteiger partial charge >= 0.3 is 0 Å². The van der Waals surface area contributed by atoms with E-state index in [1.54, 1.807) is 6.07 Å². The zero-order valence-electron chi connectivity index (χ0n) is 17.3. The predicted molar refractivity (Wildman–Crippen MR) is 110 cm³/mol. The molecule has 1 aromatic carbocycles. The lowest BCUT2D eigenvalue weighted by molar-refractivity contribution is 0.288. The van der Waals surface area contributed by atoms with Crippen molar-refractivity contribution in [3.63, 3.8) is 0 Å². The van der Waals surface area contributed by atoms with E-state index in [2.05, 4.69) is 20.8 Å². The first-order valence-electron chi connectivity index (χ1n) is 10.8. The molecule has 1 aromatic rings. The van der Waals surface area contributed by atoms with Crippen molar-refractivity contribution in [1.82, 2.24) is 0 Å². The van der Waals surface area contributed by atoms with Crippen LogP contribution in [0, 0.1) is 0 Å². The summed E-state index contributed by atoms with van der Waals surface area (Å²) in [4.78, 5) is 0. The summed E-state index contributed by atoms with van der Waals surface area (Å²) >= 11 is 0. The minimum Gasteiger partial charge on any atom is -0.504 e. The predicted octanol–water partition coefficient (Wildman–Crippen LogP) is 6.91. The molecule has 0 aliphatic rings. The number of ether oxygens (including phenoxy) is 1. The molecule has 0 saturated heterocycles. The number of benzene rings is 1. The van der Waals surface area contributed by atoms with E-state index < -0.39 is 0 Å². The monoisotopic (exact) mass is 364 g/mol. The van der Waals surface area contributed by atoms with Crippen molar-refractivity contribution in [2.45, 2.75) is 104 Å². The molecule has 3 heteroatoms. The molecule has 0 unspecified atom stereocenters. The van der Waals surface area contributed by atoms with E-state index in [-0.39, 0.29) is 11.5 Å². The lowest BCUT2D eigenvalue weighted by Crippen LogP contribution is -2.04. The second-order valence-electron chi connectivity index (χ2n) is 7.39. The number of phenolic OH excluding ortho intramolecular Hbond substituents is 2. The molecule has 0 aliphatic carbocycles. The Morgan fingerprint density at radius 1 is 0.731 bits per heavy atom. The molecule has 0 bridgehead atoms. The number of phenols is 2. The van der Waals surface area contributed by atoms with Gasteiger partial charge < -0.3 is 14.9 Å². The van der Waals surface area contributed by atoms with Gasteiger partial charge in [-0.2, -0.15) is 0 Å². The van der Waals surface area contributed by atoms with E-state index in [9.17, 15) is 10.2 Å². The van der Waals surface area contributed by atoms with Crippen LogP contribution in [0.15, 0.2) is 6.07 Å². The lowest BCUT2D eigenvalue weighted by Gasteiger charge is -2.18. The third-order valence-corrected chi connectivity index (χ3v) is 4.96. The van der Waals surface area contributed by atoms with Crippen LogP contribution >= 0.6 is 0 Å². The third-order valence-electron chi connectivity index (χ3n) is 4.96. The Morgan fingerprint density at radius 2 is 1.31 bits per heavy atom. The van der Waals surface area contributed by atoms with Crippen LogP contribution < -0.4 is 4.74 Å². The molecule has 3 nitrogen and oxygen atoms in total. The molecule has 0 aromatic heterocycles. The second kappa shape index (κ2) is 13.8. The quantitative estimate of drug-likeness (QED) is 0.262. The second-order valence-corrected chi connectivity index (χ2v) is 7.39. The van der Waals surface area contributed by atoms with E-state index in [0.717, 1.165) is 43.2 Å². The number of aryl methyl sites for hydroxylation is 1. The van der Waals surface area contributed by atoms with Gasteiger partial charge in [-0.1, -0.05) is 72.1 Å². The first-order chi connectivity index (χ1) is 12.7. The largest absolute Gasteiger partial charge is 0.504 e. The standard InChI is InChI=1S/C23H40O3/c1-4-7-9-11-13-15-19-18-21(24)22(25)23(26-17-6-3)20(19)16-14-12-10-8-5-2/h18,24-25H,4-17H2,1-3H3. The summed E-state index contributed by atoms with van der Waals surface area (Å²) in [6, 6.07) is 1.76. The molecule has 0 amide bonds. The smallest absolute Gasteiger partial charge is 0.200 e. The highest BCUT2D eigenvalue weighted by molar-refractivity contribution is 5.58. The number of hydrogen-bond acceptors (Lipinski definition) is 3. The van der Waals surface area contributed by atoms with Gasteiger partial charge in [0.1, 0.15) is 0 Å². The van der Waals surface area contributed by atoms with Crippen molar-refractivity contribution in [1.29, 1.82) is 0 Å². The summed E-state index contributed by atoms with van der Waals surface area (Å²) in [5.41, 5.74) is 2.26. The van der Waals surface area contributed by atoms with Gasteiger partial charge in [-0.25, -0.2) is 0 Å². The Kier molecular flexibility index (Phi) is 12.0. The zero-order chi connectivity index (χ0) is 19.2. The summed E-state index contributed by atoms with van der Waals surface area (Å²) in [6.07, 6.45) is 15.0.